The summed E-state index contributed by atoms with van der Waals surface area (Å²) >= 11 is 0. The topological polar surface area (TPSA) is 66.4 Å². The third kappa shape index (κ3) is 4.59. The van der Waals surface area contributed by atoms with Gasteiger partial charge in [0.15, 0.2) is 0 Å². The van der Waals surface area contributed by atoms with Crippen LogP contribution < -0.4 is 5.32 Å². The van der Waals surface area contributed by atoms with Crippen molar-refractivity contribution in [2.45, 2.75) is 6.42 Å². The Kier molecular flexibility index (Phi) is 5.49. The van der Waals surface area contributed by atoms with Gasteiger partial charge in [0.25, 0.3) is 5.91 Å². The molecular weight excluding hydrogens is 278 g/mol. The Morgan fingerprint density at radius 1 is 0.955 bits per heavy atom. The fourth-order valence-electron chi connectivity index (χ4n) is 1.99. The van der Waals surface area contributed by atoms with Gasteiger partial charge in [-0.2, -0.15) is 0 Å². The van der Waals surface area contributed by atoms with Gasteiger partial charge in [-0.15, -0.1) is 0 Å². The SMILES string of the molecule is O=C(O)CCNC(=O)/C(=C/c1ccccc1)c1ccccc1. The summed E-state index contributed by atoms with van der Waals surface area (Å²) in [5.41, 5.74) is 2.21. The zero-order valence-electron chi connectivity index (χ0n) is 12.0. The van der Waals surface area contributed by atoms with Gasteiger partial charge in [0.05, 0.1) is 6.42 Å². The van der Waals surface area contributed by atoms with Crippen molar-refractivity contribution in [2.24, 2.45) is 0 Å². The molecule has 0 radical (unpaired) electrons. The third-order valence-corrected chi connectivity index (χ3v) is 3.06. The normalized spacial score (nSPS) is 11.0. The molecule has 0 saturated carbocycles. The smallest absolute Gasteiger partial charge is 0.305 e. The summed E-state index contributed by atoms with van der Waals surface area (Å²) in [6, 6.07) is 18.8. The molecule has 2 rings (SSSR count). The fourth-order valence-corrected chi connectivity index (χ4v) is 1.99. The summed E-state index contributed by atoms with van der Waals surface area (Å²) in [6.45, 7) is 0.104. The first-order valence-corrected chi connectivity index (χ1v) is 6.99. The van der Waals surface area contributed by atoms with E-state index in [4.69, 9.17) is 5.11 Å². The molecule has 0 fully saturated rings. The molecule has 0 aliphatic heterocycles. The molecule has 0 aromatic heterocycles. The number of benzene rings is 2. The summed E-state index contributed by atoms with van der Waals surface area (Å²) in [4.78, 5) is 22.9. The first-order chi connectivity index (χ1) is 10.7. The Labute approximate surface area is 129 Å². The van der Waals surface area contributed by atoms with E-state index in [2.05, 4.69) is 5.32 Å². The first-order valence-electron chi connectivity index (χ1n) is 6.99. The lowest BCUT2D eigenvalue weighted by molar-refractivity contribution is -0.136. The molecule has 2 N–H and O–H groups in total. The van der Waals surface area contributed by atoms with Crippen LogP contribution in [0.5, 0.6) is 0 Å². The molecule has 0 bridgehead atoms. The van der Waals surface area contributed by atoms with Crippen LogP contribution in [0.2, 0.25) is 0 Å². The lowest BCUT2D eigenvalue weighted by atomic mass is 10.0. The molecule has 0 atom stereocenters. The average molecular weight is 295 g/mol. The predicted octanol–water partition coefficient (Wildman–Crippen LogP) is 2.82. The van der Waals surface area contributed by atoms with E-state index in [1.807, 2.05) is 60.7 Å². The maximum atomic E-state index is 12.4. The molecule has 1 amide bonds. The third-order valence-electron chi connectivity index (χ3n) is 3.06. The number of carboxylic acids is 1. The van der Waals surface area contributed by atoms with Gasteiger partial charge in [0.2, 0.25) is 0 Å². The van der Waals surface area contributed by atoms with Gasteiger partial charge in [-0.05, 0) is 17.2 Å². The van der Waals surface area contributed by atoms with Gasteiger partial charge in [-0.3, -0.25) is 9.59 Å². The van der Waals surface area contributed by atoms with E-state index in [1.54, 1.807) is 6.08 Å². The van der Waals surface area contributed by atoms with Crippen molar-refractivity contribution >= 4 is 23.5 Å². The minimum Gasteiger partial charge on any atom is -0.481 e. The first kappa shape index (κ1) is 15.5. The van der Waals surface area contributed by atoms with Crippen molar-refractivity contribution in [1.29, 1.82) is 0 Å². The molecule has 22 heavy (non-hydrogen) atoms. The van der Waals surface area contributed by atoms with Crippen LogP contribution in [-0.2, 0) is 9.59 Å². The van der Waals surface area contributed by atoms with Crippen LogP contribution >= 0.6 is 0 Å². The van der Waals surface area contributed by atoms with Gasteiger partial charge in [-0.25, -0.2) is 0 Å². The number of amides is 1. The number of carbonyl (C=O) groups excluding carboxylic acids is 1. The number of hydrogen-bond donors (Lipinski definition) is 2. The molecule has 4 nitrogen and oxygen atoms in total. The van der Waals surface area contributed by atoms with E-state index in [1.165, 1.54) is 0 Å². The van der Waals surface area contributed by atoms with Crippen molar-refractivity contribution in [3.05, 3.63) is 71.8 Å². The van der Waals surface area contributed by atoms with Crippen molar-refractivity contribution in [1.82, 2.24) is 5.32 Å². The number of carboxylic acid groups (broad SMARTS) is 1. The van der Waals surface area contributed by atoms with E-state index in [-0.39, 0.29) is 18.9 Å². The monoisotopic (exact) mass is 295 g/mol. The molecule has 0 heterocycles. The highest BCUT2D eigenvalue weighted by molar-refractivity contribution is 6.24. The number of rotatable bonds is 6. The largest absolute Gasteiger partial charge is 0.481 e. The Bertz CT molecular complexity index is 663. The fraction of sp³-hybridized carbons (Fsp3) is 0.111. The number of hydrogen-bond acceptors (Lipinski definition) is 2. The highest BCUT2D eigenvalue weighted by Crippen LogP contribution is 2.18. The molecule has 2 aromatic rings. The summed E-state index contributed by atoms with van der Waals surface area (Å²) in [5.74, 6) is -1.22. The Morgan fingerprint density at radius 3 is 2.14 bits per heavy atom. The second kappa shape index (κ2) is 7.78. The van der Waals surface area contributed by atoms with Crippen LogP contribution in [-0.4, -0.2) is 23.5 Å². The zero-order chi connectivity index (χ0) is 15.8. The predicted molar refractivity (Wildman–Crippen MR) is 86.0 cm³/mol. The van der Waals surface area contributed by atoms with Crippen LogP contribution in [0.4, 0.5) is 0 Å². The number of carbonyl (C=O) groups is 2. The van der Waals surface area contributed by atoms with E-state index in [0.717, 1.165) is 11.1 Å². The van der Waals surface area contributed by atoms with Crippen LogP contribution in [0.3, 0.4) is 0 Å². The van der Waals surface area contributed by atoms with Crippen LogP contribution in [0.25, 0.3) is 11.6 Å². The van der Waals surface area contributed by atoms with Gasteiger partial charge >= 0.3 is 5.97 Å². The molecule has 0 aliphatic rings. The van der Waals surface area contributed by atoms with Crippen LogP contribution in [0, 0.1) is 0 Å². The molecule has 4 heteroatoms. The molecule has 2 aromatic carbocycles. The van der Waals surface area contributed by atoms with E-state index < -0.39 is 5.97 Å². The number of aliphatic carboxylic acids is 1. The number of nitrogens with one attached hydrogen (secondary N) is 1. The minimum atomic E-state index is -0.936. The maximum Gasteiger partial charge on any atom is 0.305 e. The van der Waals surface area contributed by atoms with Gasteiger partial charge in [0.1, 0.15) is 0 Å². The van der Waals surface area contributed by atoms with Crippen LogP contribution in [0.1, 0.15) is 17.5 Å². The Hall–Kier alpha value is -2.88. The lowest BCUT2D eigenvalue weighted by Crippen LogP contribution is -2.26. The highest BCUT2D eigenvalue weighted by Gasteiger charge is 2.12. The Morgan fingerprint density at radius 2 is 1.55 bits per heavy atom. The summed E-state index contributed by atoms with van der Waals surface area (Å²) in [7, 11) is 0. The van der Waals surface area contributed by atoms with Crippen molar-refractivity contribution in [3.8, 4) is 0 Å². The van der Waals surface area contributed by atoms with Crippen molar-refractivity contribution < 1.29 is 14.7 Å². The van der Waals surface area contributed by atoms with E-state index in [9.17, 15) is 9.59 Å². The maximum absolute atomic E-state index is 12.4. The molecular formula is C18H17NO3. The molecule has 112 valence electrons. The summed E-state index contributed by atoms with van der Waals surface area (Å²) < 4.78 is 0. The van der Waals surface area contributed by atoms with Gasteiger partial charge in [0, 0.05) is 12.1 Å². The lowest BCUT2D eigenvalue weighted by Gasteiger charge is -2.09. The highest BCUT2D eigenvalue weighted by atomic mass is 16.4. The molecule has 0 spiro atoms. The summed E-state index contributed by atoms with van der Waals surface area (Å²) in [6.07, 6.45) is 1.70. The Balaban J connectivity index is 2.24. The molecule has 0 aliphatic carbocycles. The van der Waals surface area contributed by atoms with Crippen LogP contribution in [0.15, 0.2) is 60.7 Å². The average Bonchev–Trinajstić information content (AvgIpc) is 2.54. The molecule has 0 saturated heterocycles. The van der Waals surface area contributed by atoms with Crippen molar-refractivity contribution in [2.75, 3.05) is 6.54 Å². The minimum absolute atomic E-state index is 0.0981. The summed E-state index contributed by atoms with van der Waals surface area (Å²) in [5, 5.41) is 11.3. The van der Waals surface area contributed by atoms with Gasteiger partial charge in [-0.1, -0.05) is 60.7 Å². The second-order valence-corrected chi connectivity index (χ2v) is 4.73. The van der Waals surface area contributed by atoms with Crippen molar-refractivity contribution in [3.63, 3.8) is 0 Å². The second-order valence-electron chi connectivity index (χ2n) is 4.73. The quantitative estimate of drug-likeness (QED) is 0.636. The molecule has 0 unspecified atom stereocenters. The van der Waals surface area contributed by atoms with E-state index in [0.29, 0.717) is 5.57 Å². The van der Waals surface area contributed by atoms with E-state index >= 15 is 0 Å². The standard InChI is InChI=1S/C18H17NO3/c20-17(21)11-12-19-18(22)16(15-9-5-2-6-10-15)13-14-7-3-1-4-8-14/h1-10,13H,11-12H2,(H,19,22)(H,20,21)/b16-13+. The zero-order valence-corrected chi connectivity index (χ0v) is 12.0. The van der Waals surface area contributed by atoms with Gasteiger partial charge < -0.3 is 10.4 Å².